The topological polar surface area (TPSA) is 62.7 Å². The fraction of sp³-hybridized carbons (Fsp3) is 0.722. The second-order valence-corrected chi connectivity index (χ2v) is 10.2. The van der Waals surface area contributed by atoms with Crippen molar-refractivity contribution >= 4 is 10.0 Å². The standard InChI is InChI=1S/C18H29N3O3S/c1-15(2)25(22,23)21-13-18(14-21)10-17(6-9-20(18)3)12-24-11-16-4-7-19-8-5-16/h4-5,7-8,15,17H,6,9-14H2,1-3H3. The van der Waals surface area contributed by atoms with Crippen LogP contribution in [-0.2, 0) is 21.4 Å². The molecule has 1 atom stereocenters. The maximum Gasteiger partial charge on any atom is 0.216 e. The summed E-state index contributed by atoms with van der Waals surface area (Å²) in [6, 6.07) is 3.94. The lowest BCUT2D eigenvalue weighted by Gasteiger charge is -2.58. The van der Waals surface area contributed by atoms with E-state index in [1.54, 1.807) is 30.5 Å². The van der Waals surface area contributed by atoms with Gasteiger partial charge in [0.15, 0.2) is 0 Å². The largest absolute Gasteiger partial charge is 0.376 e. The first kappa shape index (κ1) is 18.8. The van der Waals surface area contributed by atoms with Crippen molar-refractivity contribution in [3.63, 3.8) is 0 Å². The van der Waals surface area contributed by atoms with Gasteiger partial charge in [0.1, 0.15) is 0 Å². The van der Waals surface area contributed by atoms with Gasteiger partial charge in [-0.1, -0.05) is 0 Å². The van der Waals surface area contributed by atoms with Crippen LogP contribution >= 0.6 is 0 Å². The van der Waals surface area contributed by atoms with E-state index in [1.807, 2.05) is 12.1 Å². The van der Waals surface area contributed by atoms with E-state index in [-0.39, 0.29) is 10.8 Å². The van der Waals surface area contributed by atoms with E-state index in [0.29, 0.717) is 25.6 Å². The molecule has 1 aromatic heterocycles. The van der Waals surface area contributed by atoms with Crippen molar-refractivity contribution < 1.29 is 13.2 Å². The number of sulfonamides is 1. The van der Waals surface area contributed by atoms with E-state index in [2.05, 4.69) is 16.9 Å². The molecule has 2 saturated heterocycles. The summed E-state index contributed by atoms with van der Waals surface area (Å²) in [6.07, 6.45) is 5.66. The van der Waals surface area contributed by atoms with Crippen molar-refractivity contribution in [2.45, 2.75) is 44.1 Å². The fourth-order valence-electron chi connectivity index (χ4n) is 3.83. The molecule has 2 fully saturated rings. The number of likely N-dealkylation sites (tertiary alicyclic amines) is 1. The minimum absolute atomic E-state index is 0.00902. The second kappa shape index (κ2) is 7.31. The molecule has 0 amide bonds. The van der Waals surface area contributed by atoms with E-state index >= 15 is 0 Å². The van der Waals surface area contributed by atoms with Crippen molar-refractivity contribution in [2.75, 3.05) is 33.3 Å². The van der Waals surface area contributed by atoms with Gasteiger partial charge in [0, 0.05) is 37.6 Å². The predicted octanol–water partition coefficient (Wildman–Crippen LogP) is 1.73. The first-order valence-corrected chi connectivity index (χ1v) is 10.5. The minimum atomic E-state index is -3.14. The third-order valence-electron chi connectivity index (χ3n) is 5.62. The highest BCUT2D eigenvalue weighted by molar-refractivity contribution is 7.89. The molecule has 1 aromatic rings. The van der Waals surface area contributed by atoms with Gasteiger partial charge in [-0.25, -0.2) is 8.42 Å². The lowest BCUT2D eigenvalue weighted by atomic mass is 9.77. The van der Waals surface area contributed by atoms with E-state index in [0.717, 1.165) is 31.6 Å². The van der Waals surface area contributed by atoms with Crippen LogP contribution in [0.2, 0.25) is 0 Å². The SMILES string of the molecule is CC(C)S(=O)(=O)N1CC2(CC(COCc3ccncc3)CCN2C)C1. The quantitative estimate of drug-likeness (QED) is 0.766. The Labute approximate surface area is 151 Å². The van der Waals surface area contributed by atoms with E-state index in [1.165, 1.54) is 0 Å². The van der Waals surface area contributed by atoms with Crippen LogP contribution in [0.4, 0.5) is 0 Å². The Morgan fingerprint density at radius 1 is 1.32 bits per heavy atom. The number of piperidine rings is 1. The summed E-state index contributed by atoms with van der Waals surface area (Å²) in [4.78, 5) is 6.36. The monoisotopic (exact) mass is 367 g/mol. The number of hydrogen-bond acceptors (Lipinski definition) is 5. The molecule has 0 aliphatic carbocycles. The molecule has 0 aromatic carbocycles. The molecule has 7 heteroatoms. The van der Waals surface area contributed by atoms with E-state index < -0.39 is 10.0 Å². The Hall–Kier alpha value is -1.02. The van der Waals surface area contributed by atoms with Crippen LogP contribution in [0.3, 0.4) is 0 Å². The molecule has 25 heavy (non-hydrogen) atoms. The van der Waals surface area contributed by atoms with Crippen LogP contribution in [-0.4, -0.2) is 66.7 Å². The fourth-order valence-corrected chi connectivity index (χ4v) is 5.27. The zero-order valence-electron chi connectivity index (χ0n) is 15.4. The van der Waals surface area contributed by atoms with E-state index in [4.69, 9.17) is 4.74 Å². The first-order valence-electron chi connectivity index (χ1n) is 9.00. The third-order valence-corrected chi connectivity index (χ3v) is 7.79. The number of aromatic nitrogens is 1. The number of ether oxygens (including phenoxy) is 1. The van der Waals surface area contributed by atoms with Gasteiger partial charge in [-0.3, -0.25) is 9.88 Å². The summed E-state index contributed by atoms with van der Waals surface area (Å²) in [5.41, 5.74) is 1.13. The summed E-state index contributed by atoms with van der Waals surface area (Å²) in [7, 11) is -1.02. The number of rotatable bonds is 6. The van der Waals surface area contributed by atoms with Crippen molar-refractivity contribution in [1.29, 1.82) is 0 Å². The molecule has 3 rings (SSSR count). The van der Waals surface area contributed by atoms with Gasteiger partial charge >= 0.3 is 0 Å². The Morgan fingerprint density at radius 3 is 2.64 bits per heavy atom. The number of nitrogens with zero attached hydrogens (tertiary/aromatic N) is 3. The van der Waals surface area contributed by atoms with Crippen LogP contribution in [0.15, 0.2) is 24.5 Å². The molecule has 3 heterocycles. The molecular formula is C18H29N3O3S. The van der Waals surface area contributed by atoms with Gasteiger partial charge in [0.05, 0.1) is 11.9 Å². The molecule has 0 radical (unpaired) electrons. The Kier molecular flexibility index (Phi) is 5.48. The highest BCUT2D eigenvalue weighted by atomic mass is 32.2. The normalized spacial score (nSPS) is 24.6. The Morgan fingerprint density at radius 2 is 2.00 bits per heavy atom. The van der Waals surface area contributed by atoms with Crippen molar-refractivity contribution in [3.05, 3.63) is 30.1 Å². The molecule has 0 N–H and O–H groups in total. The highest BCUT2D eigenvalue weighted by Gasteiger charge is 2.53. The molecular weight excluding hydrogens is 338 g/mol. The summed E-state index contributed by atoms with van der Waals surface area (Å²) < 4.78 is 32.2. The molecule has 1 spiro atoms. The van der Waals surface area contributed by atoms with Crippen LogP contribution in [0.5, 0.6) is 0 Å². The third kappa shape index (κ3) is 3.89. The molecule has 0 saturated carbocycles. The molecule has 0 bridgehead atoms. The number of hydrogen-bond donors (Lipinski definition) is 0. The lowest BCUT2D eigenvalue weighted by molar-refractivity contribution is -0.0602. The Bertz CT molecular complexity index is 672. The number of pyridine rings is 1. The van der Waals surface area contributed by atoms with Gasteiger partial charge in [0.2, 0.25) is 10.0 Å². The average molecular weight is 368 g/mol. The average Bonchev–Trinajstić information content (AvgIpc) is 2.55. The van der Waals surface area contributed by atoms with Crippen LogP contribution in [0, 0.1) is 5.92 Å². The smallest absolute Gasteiger partial charge is 0.216 e. The van der Waals surface area contributed by atoms with Crippen LogP contribution in [0.25, 0.3) is 0 Å². The predicted molar refractivity (Wildman–Crippen MR) is 97.6 cm³/mol. The van der Waals surface area contributed by atoms with Gasteiger partial charge in [-0.2, -0.15) is 4.31 Å². The molecule has 6 nitrogen and oxygen atoms in total. The van der Waals surface area contributed by atoms with Gasteiger partial charge in [0.25, 0.3) is 0 Å². The highest BCUT2D eigenvalue weighted by Crippen LogP contribution is 2.40. The summed E-state index contributed by atoms with van der Waals surface area (Å²) >= 11 is 0. The maximum atomic E-state index is 12.3. The van der Waals surface area contributed by atoms with Gasteiger partial charge < -0.3 is 4.74 Å². The molecule has 1 unspecified atom stereocenters. The van der Waals surface area contributed by atoms with Crippen molar-refractivity contribution in [3.8, 4) is 0 Å². The molecule has 2 aliphatic rings. The van der Waals surface area contributed by atoms with Crippen LogP contribution < -0.4 is 0 Å². The minimum Gasteiger partial charge on any atom is -0.376 e. The second-order valence-electron chi connectivity index (χ2n) is 7.74. The van der Waals surface area contributed by atoms with Gasteiger partial charge in [-0.05, 0) is 63.9 Å². The van der Waals surface area contributed by atoms with Crippen LogP contribution in [0.1, 0.15) is 32.3 Å². The maximum absolute atomic E-state index is 12.3. The zero-order chi connectivity index (χ0) is 18.1. The zero-order valence-corrected chi connectivity index (χ0v) is 16.2. The molecule has 140 valence electrons. The summed E-state index contributed by atoms with van der Waals surface area (Å²) in [6.45, 7) is 7.07. The summed E-state index contributed by atoms with van der Waals surface area (Å²) in [5, 5.41) is -0.349. The van der Waals surface area contributed by atoms with E-state index in [9.17, 15) is 8.42 Å². The molecule has 2 aliphatic heterocycles. The van der Waals surface area contributed by atoms with Crippen molar-refractivity contribution in [1.82, 2.24) is 14.2 Å². The first-order chi connectivity index (χ1) is 11.8. The van der Waals surface area contributed by atoms with Crippen molar-refractivity contribution in [2.24, 2.45) is 5.92 Å². The summed E-state index contributed by atoms with van der Waals surface area (Å²) in [5.74, 6) is 0.488. The lowest BCUT2D eigenvalue weighted by Crippen LogP contribution is -2.73. The Balaban J connectivity index is 1.53. The number of likely N-dealkylation sites (N-methyl/N-ethyl adjacent to an activating group) is 1. The van der Waals surface area contributed by atoms with Gasteiger partial charge in [-0.15, -0.1) is 0 Å².